The van der Waals surface area contributed by atoms with Crippen molar-refractivity contribution in [3.8, 4) is 0 Å². The Morgan fingerprint density at radius 1 is 1.27 bits per heavy atom. The van der Waals surface area contributed by atoms with Gasteiger partial charge in [0.1, 0.15) is 17.6 Å². The average molecular weight is 455 g/mol. The van der Waals surface area contributed by atoms with Crippen molar-refractivity contribution in [2.45, 2.75) is 31.3 Å². The van der Waals surface area contributed by atoms with Crippen LogP contribution in [0.1, 0.15) is 35.1 Å². The van der Waals surface area contributed by atoms with E-state index in [9.17, 15) is 24.0 Å². The highest BCUT2D eigenvalue weighted by Gasteiger charge is 2.32. The van der Waals surface area contributed by atoms with Crippen LogP contribution in [0.3, 0.4) is 0 Å². The predicted octanol–water partition coefficient (Wildman–Crippen LogP) is -0.403. The van der Waals surface area contributed by atoms with Gasteiger partial charge in [-0.15, -0.1) is 0 Å². The van der Waals surface area contributed by atoms with Gasteiger partial charge in [-0.1, -0.05) is 18.2 Å². The van der Waals surface area contributed by atoms with Gasteiger partial charge < -0.3 is 21.5 Å². The molecule has 13 nitrogen and oxygen atoms in total. The zero-order valence-electron chi connectivity index (χ0n) is 17.2. The number of benzene rings is 1. The van der Waals surface area contributed by atoms with Gasteiger partial charge in [-0.2, -0.15) is 5.10 Å². The first-order valence-electron chi connectivity index (χ1n) is 9.84. The fourth-order valence-electron chi connectivity index (χ4n) is 3.32. The fraction of sp³-hybridized carbons (Fsp3) is 0.250. The van der Waals surface area contributed by atoms with E-state index < -0.39 is 47.9 Å². The molecule has 1 aliphatic heterocycles. The van der Waals surface area contributed by atoms with Gasteiger partial charge in [0.2, 0.25) is 5.91 Å². The van der Waals surface area contributed by atoms with Crippen LogP contribution in [0.15, 0.2) is 46.4 Å². The molecule has 172 valence electrons. The van der Waals surface area contributed by atoms with E-state index in [0.29, 0.717) is 17.8 Å². The number of carboxylic acids is 1. The zero-order chi connectivity index (χ0) is 24.0. The molecule has 33 heavy (non-hydrogen) atoms. The number of nitrogens with one attached hydrogen (secondary N) is 3. The number of urea groups is 1. The number of fused-ring (bicyclic) bond motifs is 1. The number of aliphatic carboxylic acids is 1. The van der Waals surface area contributed by atoms with Gasteiger partial charge in [0.15, 0.2) is 0 Å². The summed E-state index contributed by atoms with van der Waals surface area (Å²) in [6.45, 7) is 0. The summed E-state index contributed by atoms with van der Waals surface area (Å²) < 4.78 is 1.17. The number of carbonyl (C=O) groups excluding carboxylic acids is 3. The molecule has 1 aromatic heterocycles. The Bertz CT molecular complexity index is 1160. The maximum Gasteiger partial charge on any atom is 0.332 e. The molecule has 0 fully saturated rings. The lowest BCUT2D eigenvalue weighted by Gasteiger charge is -2.18. The zero-order valence-corrected chi connectivity index (χ0v) is 17.2. The number of hydrogen-bond donors (Lipinski definition) is 5. The van der Waals surface area contributed by atoms with Crippen molar-refractivity contribution in [2.24, 2.45) is 10.8 Å². The number of aryl methyl sites for hydroxylation is 1. The number of rotatable bonds is 8. The Balaban J connectivity index is 1.79. The Hall–Kier alpha value is -4.55. The van der Waals surface area contributed by atoms with Gasteiger partial charge in [-0.05, 0) is 18.6 Å². The van der Waals surface area contributed by atoms with E-state index in [1.165, 1.54) is 10.8 Å². The molecule has 1 unspecified atom stereocenters. The van der Waals surface area contributed by atoms with Crippen molar-refractivity contribution in [1.29, 1.82) is 0 Å². The van der Waals surface area contributed by atoms with Crippen LogP contribution in [-0.4, -0.2) is 50.7 Å². The molecule has 0 radical (unpaired) electrons. The van der Waals surface area contributed by atoms with Crippen molar-refractivity contribution in [1.82, 2.24) is 20.3 Å². The highest BCUT2D eigenvalue weighted by atomic mass is 16.4. The highest BCUT2D eigenvalue weighted by molar-refractivity contribution is 6.04. The molecule has 0 bridgehead atoms. The van der Waals surface area contributed by atoms with Crippen LogP contribution in [0.4, 0.5) is 10.5 Å². The van der Waals surface area contributed by atoms with E-state index >= 15 is 0 Å². The van der Waals surface area contributed by atoms with Gasteiger partial charge in [0.25, 0.3) is 11.5 Å². The van der Waals surface area contributed by atoms with Crippen LogP contribution < -0.4 is 27.4 Å². The number of nitrogens with zero attached hydrogens (tertiary/aromatic N) is 3. The summed E-state index contributed by atoms with van der Waals surface area (Å²) >= 11 is 0. The molecule has 3 rings (SSSR count). The SMILES string of the molecule is NC(=O)NN=C[C@H](CC(=O)O)NC(=O)C1CCc2ncc(NC(=O)c3ccccc3)c(=O)n21. The molecule has 0 saturated heterocycles. The third-order valence-corrected chi connectivity index (χ3v) is 4.76. The molecule has 6 N–H and O–H groups in total. The number of anilines is 1. The van der Waals surface area contributed by atoms with Crippen LogP contribution in [-0.2, 0) is 16.0 Å². The van der Waals surface area contributed by atoms with Crippen LogP contribution in [0.25, 0.3) is 0 Å². The molecular formula is C20H21N7O6. The van der Waals surface area contributed by atoms with Crippen LogP contribution in [0, 0.1) is 0 Å². The Labute approximate surface area is 186 Å². The topological polar surface area (TPSA) is 198 Å². The number of aromatic nitrogens is 2. The monoisotopic (exact) mass is 455 g/mol. The van der Waals surface area contributed by atoms with Crippen LogP contribution in [0.5, 0.6) is 0 Å². The molecule has 0 spiro atoms. The lowest BCUT2D eigenvalue weighted by Crippen LogP contribution is -2.43. The molecule has 2 atom stereocenters. The summed E-state index contributed by atoms with van der Waals surface area (Å²) in [5.74, 6) is -2.01. The van der Waals surface area contributed by atoms with Crippen molar-refractivity contribution in [2.75, 3.05) is 5.32 Å². The molecule has 1 aliphatic rings. The van der Waals surface area contributed by atoms with Crippen molar-refractivity contribution in [3.05, 3.63) is 58.3 Å². The minimum Gasteiger partial charge on any atom is -0.481 e. The smallest absolute Gasteiger partial charge is 0.332 e. The fourth-order valence-corrected chi connectivity index (χ4v) is 3.32. The minimum atomic E-state index is -1.22. The standard InChI is InChI=1S/C20H21N7O6/c21-20(33)26-23-9-12(8-16(28)29)24-18(31)14-6-7-15-22-10-13(19(32)27(14)15)25-17(30)11-4-2-1-3-5-11/h1-5,9-10,12,14H,6-8H2,(H,24,31)(H,25,30)(H,28,29)(H3,21,26,33)/t12-,14?/m0/s1. The number of nitrogens with two attached hydrogens (primary N) is 1. The summed E-state index contributed by atoms with van der Waals surface area (Å²) in [5.41, 5.74) is 6.45. The second kappa shape index (κ2) is 10.2. The molecule has 4 amide bonds. The Morgan fingerprint density at radius 3 is 2.67 bits per heavy atom. The van der Waals surface area contributed by atoms with Gasteiger partial charge in [0, 0.05) is 18.2 Å². The summed E-state index contributed by atoms with van der Waals surface area (Å²) in [7, 11) is 0. The highest BCUT2D eigenvalue weighted by Crippen LogP contribution is 2.23. The lowest BCUT2D eigenvalue weighted by molar-refractivity contribution is -0.137. The molecular weight excluding hydrogens is 434 g/mol. The van der Waals surface area contributed by atoms with E-state index in [0.717, 1.165) is 6.21 Å². The van der Waals surface area contributed by atoms with Crippen LogP contribution >= 0.6 is 0 Å². The summed E-state index contributed by atoms with van der Waals surface area (Å²) in [4.78, 5) is 64.3. The van der Waals surface area contributed by atoms with E-state index in [1.54, 1.807) is 30.3 Å². The third kappa shape index (κ3) is 5.78. The molecule has 2 aromatic rings. The molecule has 13 heteroatoms. The van der Waals surface area contributed by atoms with E-state index in [1.807, 2.05) is 5.43 Å². The number of carboxylic acid groups (broad SMARTS) is 1. The summed E-state index contributed by atoms with van der Waals surface area (Å²) in [6.07, 6.45) is 2.33. The van der Waals surface area contributed by atoms with Gasteiger partial charge in [-0.3, -0.25) is 23.7 Å². The quantitative estimate of drug-likeness (QED) is 0.263. The summed E-state index contributed by atoms with van der Waals surface area (Å²) in [6, 6.07) is 5.27. The second-order valence-electron chi connectivity index (χ2n) is 7.11. The molecule has 1 aromatic carbocycles. The Kier molecular flexibility index (Phi) is 7.13. The van der Waals surface area contributed by atoms with Crippen molar-refractivity contribution < 1.29 is 24.3 Å². The first-order valence-corrected chi connectivity index (χ1v) is 9.84. The number of carbonyl (C=O) groups is 4. The van der Waals surface area contributed by atoms with Crippen molar-refractivity contribution in [3.63, 3.8) is 0 Å². The number of primary amides is 1. The van der Waals surface area contributed by atoms with E-state index in [4.69, 9.17) is 10.8 Å². The maximum absolute atomic E-state index is 13.0. The van der Waals surface area contributed by atoms with Crippen LogP contribution in [0.2, 0.25) is 0 Å². The summed E-state index contributed by atoms with van der Waals surface area (Å²) in [5, 5.41) is 17.5. The first kappa shape index (κ1) is 23.1. The number of hydrazone groups is 1. The van der Waals surface area contributed by atoms with E-state index in [-0.39, 0.29) is 12.1 Å². The molecule has 0 saturated carbocycles. The number of amides is 4. The minimum absolute atomic E-state index is 0.0957. The molecule has 2 heterocycles. The van der Waals surface area contributed by atoms with E-state index in [2.05, 4.69) is 20.7 Å². The lowest BCUT2D eigenvalue weighted by atomic mass is 10.1. The third-order valence-electron chi connectivity index (χ3n) is 4.76. The van der Waals surface area contributed by atoms with Crippen molar-refractivity contribution >= 4 is 35.7 Å². The largest absolute Gasteiger partial charge is 0.481 e. The van der Waals surface area contributed by atoms with Gasteiger partial charge in [-0.25, -0.2) is 15.2 Å². The number of hydrogen-bond acceptors (Lipinski definition) is 7. The average Bonchev–Trinajstić information content (AvgIpc) is 3.20. The first-order chi connectivity index (χ1) is 15.8. The Morgan fingerprint density at radius 2 is 2.00 bits per heavy atom. The second-order valence-corrected chi connectivity index (χ2v) is 7.11. The van der Waals surface area contributed by atoms with Gasteiger partial charge in [0.05, 0.1) is 18.7 Å². The predicted molar refractivity (Wildman–Crippen MR) is 116 cm³/mol. The normalized spacial score (nSPS) is 15.5. The maximum atomic E-state index is 13.0. The van der Waals surface area contributed by atoms with Gasteiger partial charge >= 0.3 is 12.0 Å². The molecule has 0 aliphatic carbocycles.